The summed E-state index contributed by atoms with van der Waals surface area (Å²) < 4.78 is 0. The van der Waals surface area contributed by atoms with Gasteiger partial charge < -0.3 is 20.5 Å². The molecule has 0 radical (unpaired) electrons. The van der Waals surface area contributed by atoms with Crippen LogP contribution in [-0.4, -0.2) is 52.1 Å². The maximum Gasteiger partial charge on any atom is 0.270 e. The van der Waals surface area contributed by atoms with E-state index in [0.717, 1.165) is 17.7 Å². The fourth-order valence-electron chi connectivity index (χ4n) is 3.95. The Bertz CT molecular complexity index is 1200. The van der Waals surface area contributed by atoms with Gasteiger partial charge in [0.2, 0.25) is 0 Å². The highest BCUT2D eigenvalue weighted by Crippen LogP contribution is 2.23. The maximum absolute atomic E-state index is 12.8. The molecule has 1 saturated heterocycles. The first-order valence-corrected chi connectivity index (χ1v) is 10.4. The van der Waals surface area contributed by atoms with E-state index in [1.54, 1.807) is 6.92 Å². The Morgan fingerprint density at radius 2 is 2.00 bits per heavy atom. The third-order valence-corrected chi connectivity index (χ3v) is 5.70. The van der Waals surface area contributed by atoms with Gasteiger partial charge in [-0.25, -0.2) is 9.97 Å². The molecule has 2 aliphatic rings. The fraction of sp³-hybridized carbons (Fsp3) is 0.364. The highest BCUT2D eigenvalue weighted by Gasteiger charge is 2.28. The van der Waals surface area contributed by atoms with Crippen LogP contribution in [0.1, 0.15) is 39.3 Å². The molecule has 2 aromatic heterocycles. The molecule has 2 amide bonds. The molecule has 0 saturated carbocycles. The summed E-state index contributed by atoms with van der Waals surface area (Å²) in [4.78, 5) is 54.2. The van der Waals surface area contributed by atoms with Gasteiger partial charge in [-0.3, -0.25) is 19.4 Å². The van der Waals surface area contributed by atoms with Crippen LogP contribution in [-0.2, 0) is 11.3 Å². The lowest BCUT2D eigenvalue weighted by Crippen LogP contribution is -2.39. The molecule has 0 bridgehead atoms. The van der Waals surface area contributed by atoms with E-state index >= 15 is 0 Å². The number of rotatable bonds is 6. The zero-order chi connectivity index (χ0) is 22.8. The largest absolute Gasteiger partial charge is 0.354 e. The summed E-state index contributed by atoms with van der Waals surface area (Å²) in [7, 11) is 0. The van der Waals surface area contributed by atoms with Gasteiger partial charge in [0.05, 0.1) is 5.57 Å². The van der Waals surface area contributed by atoms with Crippen molar-refractivity contribution in [1.29, 1.82) is 0 Å². The van der Waals surface area contributed by atoms with Crippen LogP contribution in [0.4, 0.5) is 5.82 Å². The molecule has 4 rings (SSSR count). The number of nitrogens with zero attached hydrogens (tertiary/aromatic N) is 4. The molecule has 2 aromatic rings. The first-order chi connectivity index (χ1) is 15.3. The van der Waals surface area contributed by atoms with Gasteiger partial charge in [0, 0.05) is 54.9 Å². The Balaban J connectivity index is 1.43. The minimum atomic E-state index is -0.370. The second-order valence-electron chi connectivity index (χ2n) is 8.06. The Hall–Kier alpha value is -3.82. The van der Waals surface area contributed by atoms with Crippen LogP contribution in [0.3, 0.4) is 0 Å². The van der Waals surface area contributed by atoms with Crippen molar-refractivity contribution in [1.82, 2.24) is 25.6 Å². The molecule has 32 heavy (non-hydrogen) atoms. The first kappa shape index (κ1) is 21.4. The number of aliphatic imine (C=N–C) groups is 1. The lowest BCUT2D eigenvalue weighted by atomic mass is 10.1. The number of hydrogen-bond donors (Lipinski definition) is 3. The van der Waals surface area contributed by atoms with Crippen LogP contribution < -0.4 is 21.1 Å². The molecule has 1 fully saturated rings. The molecule has 10 heteroatoms. The Kier molecular flexibility index (Phi) is 5.85. The molecule has 10 nitrogen and oxygen atoms in total. The molecule has 3 N–H and O–H groups in total. The van der Waals surface area contributed by atoms with Crippen molar-refractivity contribution in [3.05, 3.63) is 62.6 Å². The number of aryl methyl sites for hydroxylation is 2. The van der Waals surface area contributed by atoms with Gasteiger partial charge in [0.25, 0.3) is 17.4 Å². The topological polar surface area (TPSA) is 132 Å². The van der Waals surface area contributed by atoms with Gasteiger partial charge >= 0.3 is 0 Å². The van der Waals surface area contributed by atoms with E-state index in [1.807, 2.05) is 24.8 Å². The van der Waals surface area contributed by atoms with E-state index in [9.17, 15) is 14.4 Å². The fourth-order valence-corrected chi connectivity index (χ4v) is 3.95. The molecule has 0 unspecified atom stereocenters. The van der Waals surface area contributed by atoms with E-state index in [4.69, 9.17) is 0 Å². The number of aromatic nitrogens is 3. The second-order valence-corrected chi connectivity index (χ2v) is 8.06. The summed E-state index contributed by atoms with van der Waals surface area (Å²) in [5.74, 6) is 0.161. The molecule has 166 valence electrons. The van der Waals surface area contributed by atoms with Crippen molar-refractivity contribution >= 4 is 23.8 Å². The van der Waals surface area contributed by atoms with Crippen LogP contribution in [0, 0.1) is 20.8 Å². The van der Waals surface area contributed by atoms with Gasteiger partial charge in [-0.2, -0.15) is 0 Å². The van der Waals surface area contributed by atoms with Crippen molar-refractivity contribution < 1.29 is 9.59 Å². The SMILES string of the molecule is Cc1cc(C)c(CNC(=O)c2ncnc(N3CC[C@H](NC(=O)C4=CN=C4)C3)c2C)c(=O)[nH]1. The second kappa shape index (κ2) is 8.74. The molecule has 0 aromatic carbocycles. The third kappa shape index (κ3) is 4.29. The smallest absolute Gasteiger partial charge is 0.270 e. The zero-order valence-electron chi connectivity index (χ0n) is 18.2. The van der Waals surface area contributed by atoms with Gasteiger partial charge in [-0.05, 0) is 38.8 Å². The lowest BCUT2D eigenvalue weighted by Gasteiger charge is -2.21. The van der Waals surface area contributed by atoms with Crippen molar-refractivity contribution in [3.63, 3.8) is 0 Å². The monoisotopic (exact) mass is 435 g/mol. The highest BCUT2D eigenvalue weighted by atomic mass is 16.2. The van der Waals surface area contributed by atoms with Crippen molar-refractivity contribution in [3.8, 4) is 0 Å². The number of anilines is 1. The van der Waals surface area contributed by atoms with E-state index < -0.39 is 0 Å². The van der Waals surface area contributed by atoms with Gasteiger partial charge in [0.15, 0.2) is 0 Å². The average Bonchev–Trinajstić information content (AvgIpc) is 3.13. The normalized spacial score (nSPS) is 17.0. The average molecular weight is 435 g/mol. The Morgan fingerprint density at radius 1 is 1.22 bits per heavy atom. The highest BCUT2D eigenvalue weighted by molar-refractivity contribution is 6.15. The zero-order valence-corrected chi connectivity index (χ0v) is 18.2. The molecule has 2 aliphatic heterocycles. The summed E-state index contributed by atoms with van der Waals surface area (Å²) in [5.41, 5.74) is 3.39. The number of H-pyrrole nitrogens is 1. The van der Waals surface area contributed by atoms with E-state index in [1.165, 1.54) is 18.7 Å². The summed E-state index contributed by atoms with van der Waals surface area (Å²) in [6.07, 6.45) is 5.21. The van der Waals surface area contributed by atoms with Gasteiger partial charge in [-0.1, -0.05) is 0 Å². The predicted molar refractivity (Wildman–Crippen MR) is 120 cm³/mol. The molecule has 4 heterocycles. The summed E-state index contributed by atoms with van der Waals surface area (Å²) in [6.45, 7) is 6.86. The van der Waals surface area contributed by atoms with Crippen LogP contribution >= 0.6 is 0 Å². The summed E-state index contributed by atoms with van der Waals surface area (Å²) in [5, 5.41) is 5.79. The van der Waals surface area contributed by atoms with Gasteiger partial charge in [0.1, 0.15) is 17.8 Å². The number of hydrogen-bond acceptors (Lipinski definition) is 7. The van der Waals surface area contributed by atoms with Crippen LogP contribution in [0.25, 0.3) is 0 Å². The molecule has 1 atom stereocenters. The minimum Gasteiger partial charge on any atom is -0.354 e. The standard InChI is InChI=1S/C22H25N7O3/c1-12-6-13(2)27-21(31)17(12)9-24-22(32)18-14(3)19(26-11-25-18)29-5-4-16(10-29)28-20(30)15-7-23-8-15/h6-8,11,16H,4-5,9-10H2,1-3H3,(H,24,32)(H,27,31)(H,28,30)/t16-/m0/s1. The quantitative estimate of drug-likeness (QED) is 0.611. The first-order valence-electron chi connectivity index (χ1n) is 10.4. The summed E-state index contributed by atoms with van der Waals surface area (Å²) >= 11 is 0. The third-order valence-electron chi connectivity index (χ3n) is 5.70. The minimum absolute atomic E-state index is 0.0136. The Morgan fingerprint density at radius 3 is 2.69 bits per heavy atom. The molecule has 0 aliphatic carbocycles. The Labute approximate surface area is 184 Å². The van der Waals surface area contributed by atoms with Crippen LogP contribution in [0.5, 0.6) is 0 Å². The van der Waals surface area contributed by atoms with Crippen LogP contribution in [0.2, 0.25) is 0 Å². The molecular weight excluding hydrogens is 410 g/mol. The predicted octanol–water partition coefficient (Wildman–Crippen LogP) is 0.683. The van der Waals surface area contributed by atoms with E-state index in [-0.39, 0.29) is 35.7 Å². The number of aromatic amines is 1. The van der Waals surface area contributed by atoms with E-state index in [0.29, 0.717) is 35.6 Å². The van der Waals surface area contributed by atoms with Crippen molar-refractivity contribution in [2.75, 3.05) is 18.0 Å². The summed E-state index contributed by atoms with van der Waals surface area (Å²) in [6, 6.07) is 1.86. The number of pyridine rings is 1. The number of carbonyl (C=O) groups is 2. The lowest BCUT2D eigenvalue weighted by molar-refractivity contribution is -0.117. The van der Waals surface area contributed by atoms with Crippen molar-refractivity contribution in [2.45, 2.75) is 39.8 Å². The number of carbonyl (C=O) groups excluding carboxylic acids is 2. The van der Waals surface area contributed by atoms with Crippen molar-refractivity contribution in [2.24, 2.45) is 4.99 Å². The number of nitrogens with one attached hydrogen (secondary N) is 3. The van der Waals surface area contributed by atoms with E-state index in [2.05, 4.69) is 30.6 Å². The number of amides is 2. The van der Waals surface area contributed by atoms with Crippen LogP contribution in [0.15, 0.2) is 34.0 Å². The molecule has 0 spiro atoms. The molecular formula is C22H25N7O3. The van der Waals surface area contributed by atoms with Gasteiger partial charge in [-0.15, -0.1) is 0 Å². The maximum atomic E-state index is 12.8.